The fourth-order valence-electron chi connectivity index (χ4n) is 5.60. The zero-order valence-corrected chi connectivity index (χ0v) is 25.6. The molecule has 0 atom stereocenters. The van der Waals surface area contributed by atoms with Crippen LogP contribution < -0.4 is 14.4 Å². The topological polar surface area (TPSA) is 99.6 Å². The molecule has 1 saturated carbocycles. The number of benzene rings is 1. The maximum Gasteiger partial charge on any atom is 0.272 e. The second kappa shape index (κ2) is 14.4. The smallest absolute Gasteiger partial charge is 0.272 e. The van der Waals surface area contributed by atoms with Gasteiger partial charge in [-0.25, -0.2) is 23.7 Å². The summed E-state index contributed by atoms with van der Waals surface area (Å²) in [7, 11) is 0. The van der Waals surface area contributed by atoms with E-state index in [-0.39, 0.29) is 29.3 Å². The second-order valence-corrected chi connectivity index (χ2v) is 12.6. The van der Waals surface area contributed by atoms with Crippen molar-refractivity contribution >= 4 is 11.7 Å². The Morgan fingerprint density at radius 2 is 1.77 bits per heavy atom. The van der Waals surface area contributed by atoms with Crippen molar-refractivity contribution < 1.29 is 27.8 Å². The van der Waals surface area contributed by atoms with Gasteiger partial charge < -0.3 is 14.2 Å². The van der Waals surface area contributed by atoms with Crippen LogP contribution in [0.5, 0.6) is 11.8 Å². The minimum atomic E-state index is -2.61. The fourth-order valence-corrected chi connectivity index (χ4v) is 5.60. The Hall–Kier alpha value is -3.73. The van der Waals surface area contributed by atoms with E-state index in [4.69, 9.17) is 24.2 Å². The van der Waals surface area contributed by atoms with Crippen molar-refractivity contribution in [2.75, 3.05) is 24.7 Å². The third-order valence-corrected chi connectivity index (χ3v) is 8.11. The average Bonchev–Trinajstić information content (AvgIpc) is 2.98. The van der Waals surface area contributed by atoms with Crippen LogP contribution in [0.3, 0.4) is 0 Å². The maximum atomic E-state index is 13.6. The molecule has 1 aromatic carbocycles. The van der Waals surface area contributed by atoms with Crippen LogP contribution in [0.1, 0.15) is 69.8 Å². The van der Waals surface area contributed by atoms with Crippen LogP contribution in [-0.2, 0) is 27.8 Å². The normalized spacial score (nSPS) is 19.0. The highest BCUT2D eigenvalue weighted by Crippen LogP contribution is 2.34. The highest BCUT2D eigenvalue weighted by atomic mass is 19.3. The molecule has 0 unspecified atom stereocenters. The third kappa shape index (κ3) is 8.46. The molecule has 2 fully saturated rings. The number of carbonyl (C=O) groups excluding carboxylic acids is 1. The molecule has 3 heterocycles. The van der Waals surface area contributed by atoms with Gasteiger partial charge in [-0.3, -0.25) is 9.69 Å². The van der Waals surface area contributed by atoms with Crippen molar-refractivity contribution in [2.24, 2.45) is 5.92 Å². The van der Waals surface area contributed by atoms with Crippen molar-refractivity contribution in [3.63, 3.8) is 0 Å². The second-order valence-electron chi connectivity index (χ2n) is 12.6. The summed E-state index contributed by atoms with van der Waals surface area (Å²) < 4.78 is 41.6. The molecule has 1 amide bonds. The van der Waals surface area contributed by atoms with Gasteiger partial charge in [0, 0.05) is 30.6 Å². The Kier molecular flexibility index (Phi) is 10.3. The number of hydrogen-bond acceptors (Lipinski definition) is 8. The molecular weight excluding hydrogens is 568 g/mol. The average molecular weight is 610 g/mol. The number of nitrogens with zero attached hydrogens (tertiary/aromatic N) is 5. The quantitative estimate of drug-likeness (QED) is 0.256. The van der Waals surface area contributed by atoms with Crippen molar-refractivity contribution in [1.82, 2.24) is 19.9 Å². The third-order valence-electron chi connectivity index (χ3n) is 8.11. The number of ether oxygens (including phenoxy) is 3. The van der Waals surface area contributed by atoms with Crippen LogP contribution in [0.2, 0.25) is 0 Å². The first-order valence-electron chi connectivity index (χ1n) is 15.4. The minimum absolute atomic E-state index is 0.0000972. The number of halogens is 2. The zero-order chi connectivity index (χ0) is 31.1. The van der Waals surface area contributed by atoms with E-state index in [2.05, 4.69) is 30.7 Å². The van der Waals surface area contributed by atoms with Crippen LogP contribution in [0.15, 0.2) is 48.9 Å². The molecule has 3 aromatic rings. The van der Waals surface area contributed by atoms with Crippen LogP contribution in [0, 0.1) is 5.92 Å². The monoisotopic (exact) mass is 609 g/mol. The molecule has 44 heavy (non-hydrogen) atoms. The number of carbonyl (C=O) groups is 1. The van der Waals surface area contributed by atoms with E-state index in [1.165, 1.54) is 12.4 Å². The molecule has 0 spiro atoms. The van der Waals surface area contributed by atoms with E-state index >= 15 is 0 Å². The lowest BCUT2D eigenvalue weighted by molar-refractivity contribution is -0.119. The van der Waals surface area contributed by atoms with Gasteiger partial charge in [-0.1, -0.05) is 51.1 Å². The molecule has 2 aromatic heterocycles. The molecule has 1 saturated heterocycles. The van der Waals surface area contributed by atoms with Crippen molar-refractivity contribution in [3.05, 3.63) is 65.9 Å². The molecule has 236 valence electrons. The lowest BCUT2D eigenvalue weighted by atomic mass is 9.83. The van der Waals surface area contributed by atoms with Gasteiger partial charge in [-0.05, 0) is 49.0 Å². The molecule has 2 aliphatic rings. The first-order valence-corrected chi connectivity index (χ1v) is 15.4. The number of amides is 1. The maximum absolute atomic E-state index is 13.6. The number of rotatable bonds is 12. The molecule has 9 nitrogen and oxygen atoms in total. The number of aromatic nitrogens is 4. The van der Waals surface area contributed by atoms with Gasteiger partial charge in [0.2, 0.25) is 17.7 Å². The first-order chi connectivity index (χ1) is 21.2. The number of alkyl halides is 2. The minimum Gasteiger partial charge on any atom is -0.470 e. The van der Waals surface area contributed by atoms with Gasteiger partial charge in [-0.15, -0.1) is 0 Å². The number of hydrogen-bond donors (Lipinski definition) is 0. The SMILES string of the molecule is CC(C)(C)c1cnc(CC2CCC(N(C(=O)CCc3ccccc3)c3cnc(OCC(F)F)cn3)CC2)nc1OC1COC1. The molecule has 0 bridgehead atoms. The van der Waals surface area contributed by atoms with Crippen LogP contribution >= 0.6 is 0 Å². The lowest BCUT2D eigenvalue weighted by Gasteiger charge is -2.36. The molecule has 1 aliphatic carbocycles. The van der Waals surface area contributed by atoms with Crippen molar-refractivity contribution in [2.45, 2.75) is 89.7 Å². The summed E-state index contributed by atoms with van der Waals surface area (Å²) in [6.45, 7) is 6.75. The Labute approximate surface area is 257 Å². The number of anilines is 1. The van der Waals surface area contributed by atoms with E-state index in [0.717, 1.165) is 49.1 Å². The molecule has 5 rings (SSSR count). The summed E-state index contributed by atoms with van der Waals surface area (Å²) in [6, 6.07) is 9.82. The van der Waals surface area contributed by atoms with Crippen molar-refractivity contribution in [3.8, 4) is 11.8 Å². The van der Waals surface area contributed by atoms with Crippen LogP contribution in [-0.4, -0.2) is 64.2 Å². The van der Waals surface area contributed by atoms with Crippen LogP contribution in [0.4, 0.5) is 14.6 Å². The zero-order valence-electron chi connectivity index (χ0n) is 25.6. The van der Waals surface area contributed by atoms with Crippen LogP contribution in [0.25, 0.3) is 0 Å². The molecule has 0 N–H and O–H groups in total. The Balaban J connectivity index is 1.26. The lowest BCUT2D eigenvalue weighted by Crippen LogP contribution is -2.43. The largest absolute Gasteiger partial charge is 0.470 e. The summed E-state index contributed by atoms with van der Waals surface area (Å²) >= 11 is 0. The van der Waals surface area contributed by atoms with Crippen molar-refractivity contribution in [1.29, 1.82) is 0 Å². The van der Waals surface area contributed by atoms with Gasteiger partial charge in [0.05, 0.1) is 25.6 Å². The van der Waals surface area contributed by atoms with E-state index in [1.807, 2.05) is 36.5 Å². The Morgan fingerprint density at radius 3 is 2.39 bits per heavy atom. The molecular formula is C33H41F2N5O4. The Bertz CT molecular complexity index is 1360. The highest BCUT2D eigenvalue weighted by molar-refractivity contribution is 5.93. The van der Waals surface area contributed by atoms with Gasteiger partial charge >= 0.3 is 0 Å². The summed E-state index contributed by atoms with van der Waals surface area (Å²) in [5, 5.41) is 0. The summed E-state index contributed by atoms with van der Waals surface area (Å²) in [6.07, 6.45) is 7.06. The van der Waals surface area contributed by atoms with Gasteiger partial charge in [0.15, 0.2) is 12.4 Å². The van der Waals surface area contributed by atoms with Gasteiger partial charge in [0.25, 0.3) is 6.43 Å². The van der Waals surface area contributed by atoms with E-state index < -0.39 is 13.0 Å². The first kappa shape index (κ1) is 31.7. The number of aryl methyl sites for hydroxylation is 1. The predicted octanol–water partition coefficient (Wildman–Crippen LogP) is 5.75. The van der Waals surface area contributed by atoms with Gasteiger partial charge in [-0.2, -0.15) is 4.98 Å². The highest BCUT2D eigenvalue weighted by Gasteiger charge is 2.32. The summed E-state index contributed by atoms with van der Waals surface area (Å²) in [5.41, 5.74) is 1.91. The van der Waals surface area contributed by atoms with E-state index in [1.54, 1.807) is 4.90 Å². The van der Waals surface area contributed by atoms with E-state index in [9.17, 15) is 13.6 Å². The van der Waals surface area contributed by atoms with Gasteiger partial charge in [0.1, 0.15) is 11.9 Å². The predicted molar refractivity (Wildman–Crippen MR) is 161 cm³/mol. The fraction of sp³-hybridized carbons (Fsp3) is 0.545. The summed E-state index contributed by atoms with van der Waals surface area (Å²) in [5.74, 6) is 2.12. The molecule has 0 radical (unpaired) electrons. The molecule has 11 heteroatoms. The molecule has 1 aliphatic heterocycles. The summed E-state index contributed by atoms with van der Waals surface area (Å²) in [4.78, 5) is 33.5. The Morgan fingerprint density at radius 1 is 1.02 bits per heavy atom. The van der Waals surface area contributed by atoms with E-state index in [0.29, 0.717) is 43.7 Å². The standard InChI is InChI=1S/C33H41F2N5O4/c1-33(2,3)26-16-36-28(39-32(26)44-25-19-42-20-25)15-23-9-12-24(13-10-23)40(31(41)14-11-22-7-5-4-6-8-22)29-17-38-30(18-37-29)43-21-27(34)35/h4-8,16-18,23-25,27H,9-15,19-21H2,1-3H3.